The number of alkyl halides is 1. The molecule has 0 aromatic heterocycles. The highest BCUT2D eigenvalue weighted by Gasteiger charge is 2.08. The van der Waals surface area contributed by atoms with Crippen molar-refractivity contribution in [1.29, 1.82) is 0 Å². The fraction of sp³-hybridized carbons (Fsp3) is 0.333. The molecule has 15 heavy (non-hydrogen) atoms. The van der Waals surface area contributed by atoms with Gasteiger partial charge in [-0.2, -0.15) is 0 Å². The minimum absolute atomic E-state index is 0.123. The number of benzene rings is 1. The van der Waals surface area contributed by atoms with Crippen LogP contribution in [0.2, 0.25) is 0 Å². The van der Waals surface area contributed by atoms with Gasteiger partial charge in [-0.25, -0.2) is 4.39 Å². The van der Waals surface area contributed by atoms with Crippen LogP contribution >= 0.6 is 31.9 Å². The van der Waals surface area contributed by atoms with Crippen LogP contribution in [0.15, 0.2) is 21.1 Å². The first-order chi connectivity index (χ1) is 7.19. The van der Waals surface area contributed by atoms with E-state index in [4.69, 9.17) is 9.47 Å². The molecule has 0 heterocycles. The van der Waals surface area contributed by atoms with Crippen LogP contribution < -0.4 is 9.47 Å². The monoisotopic (exact) mass is 342 g/mol. The van der Waals surface area contributed by atoms with Crippen LogP contribution in [0.25, 0.3) is 0 Å². The van der Waals surface area contributed by atoms with E-state index in [2.05, 4.69) is 36.6 Å². The Morgan fingerprint density at radius 3 is 2.33 bits per heavy atom. The van der Waals surface area contributed by atoms with Gasteiger partial charge < -0.3 is 14.2 Å². The zero-order valence-corrected chi connectivity index (χ0v) is 11.1. The van der Waals surface area contributed by atoms with Crippen molar-refractivity contribution in [2.24, 2.45) is 0 Å². The molecule has 0 unspecified atom stereocenters. The van der Waals surface area contributed by atoms with Gasteiger partial charge in [0, 0.05) is 0 Å². The number of hydrogen-bond donors (Lipinski definition) is 0. The van der Waals surface area contributed by atoms with Crippen LogP contribution in [0, 0.1) is 0 Å². The normalized spacial score (nSPS) is 10.1. The van der Waals surface area contributed by atoms with Crippen molar-refractivity contribution in [2.75, 3.05) is 20.8 Å². The molecule has 1 aromatic carbocycles. The van der Waals surface area contributed by atoms with Gasteiger partial charge >= 0.3 is 0 Å². The minimum Gasteiger partial charge on any atom is -0.494 e. The van der Waals surface area contributed by atoms with E-state index in [1.807, 2.05) is 0 Å². The minimum atomic E-state index is -0.863. The Hall–Kier alpha value is -0.330. The second-order valence-corrected chi connectivity index (χ2v) is 4.20. The van der Waals surface area contributed by atoms with Crippen molar-refractivity contribution in [3.05, 3.63) is 21.1 Å². The Morgan fingerprint density at radius 2 is 1.87 bits per heavy atom. The van der Waals surface area contributed by atoms with Gasteiger partial charge in [0.15, 0.2) is 13.7 Å². The van der Waals surface area contributed by atoms with Crippen LogP contribution in [-0.4, -0.2) is 20.8 Å². The summed E-state index contributed by atoms with van der Waals surface area (Å²) in [7, 11) is 1.57. The van der Waals surface area contributed by atoms with Gasteiger partial charge in [0.25, 0.3) is 0 Å². The lowest BCUT2D eigenvalue weighted by Gasteiger charge is -2.10. The third-order valence-electron chi connectivity index (χ3n) is 1.56. The second kappa shape index (κ2) is 6.30. The Bertz CT molecular complexity index is 310. The molecule has 0 fully saturated rings. The first-order valence-corrected chi connectivity index (χ1v) is 5.57. The molecule has 0 bridgehead atoms. The van der Waals surface area contributed by atoms with Crippen LogP contribution in [0.3, 0.4) is 0 Å². The van der Waals surface area contributed by atoms with Gasteiger partial charge in [0.2, 0.25) is 0 Å². The fourth-order valence-electron chi connectivity index (χ4n) is 0.956. The highest BCUT2D eigenvalue weighted by atomic mass is 79.9. The number of methoxy groups -OCH3 is 1. The van der Waals surface area contributed by atoms with Crippen molar-refractivity contribution in [1.82, 2.24) is 0 Å². The Balaban J connectivity index is 2.75. The maximum Gasteiger partial charge on any atom is 0.192 e. The third kappa shape index (κ3) is 3.62. The number of rotatable bonds is 5. The molecule has 1 rings (SSSR count). The molecule has 0 aliphatic heterocycles. The molecule has 0 aliphatic rings. The molecule has 6 heteroatoms. The summed E-state index contributed by atoms with van der Waals surface area (Å²) in [6, 6.07) is 3.43. The lowest BCUT2D eigenvalue weighted by Crippen LogP contribution is -2.01. The van der Waals surface area contributed by atoms with Crippen LogP contribution in [0.1, 0.15) is 0 Å². The summed E-state index contributed by atoms with van der Waals surface area (Å²) in [5, 5.41) is 0. The summed E-state index contributed by atoms with van der Waals surface area (Å²) >= 11 is 6.63. The topological polar surface area (TPSA) is 27.7 Å². The Kier molecular flexibility index (Phi) is 5.35. The molecule has 0 aliphatic carbocycles. The van der Waals surface area contributed by atoms with E-state index >= 15 is 0 Å². The zero-order chi connectivity index (χ0) is 11.3. The summed E-state index contributed by atoms with van der Waals surface area (Å²) in [5.41, 5.74) is 0. The summed E-state index contributed by atoms with van der Waals surface area (Å²) in [6.07, 6.45) is 0. The molecule has 0 N–H and O–H groups in total. The highest BCUT2D eigenvalue weighted by Crippen LogP contribution is 2.36. The van der Waals surface area contributed by atoms with Gasteiger partial charge in [-0.15, -0.1) is 0 Å². The molecule has 84 valence electrons. The van der Waals surface area contributed by atoms with E-state index < -0.39 is 6.86 Å². The largest absolute Gasteiger partial charge is 0.494 e. The second-order valence-electron chi connectivity index (χ2n) is 2.50. The van der Waals surface area contributed by atoms with Gasteiger partial charge in [0.05, 0.1) is 16.1 Å². The summed E-state index contributed by atoms with van der Waals surface area (Å²) in [4.78, 5) is 0. The predicted octanol–water partition coefficient (Wildman–Crippen LogP) is 3.50. The highest BCUT2D eigenvalue weighted by molar-refractivity contribution is 9.11. The average Bonchev–Trinajstić information content (AvgIpc) is 2.18. The van der Waals surface area contributed by atoms with E-state index in [9.17, 15) is 4.39 Å². The molecule has 0 spiro atoms. The standard InChI is InChI=1S/C9H9Br2FO3/c1-13-9-7(10)2-6(3-8(9)11)15-5-14-4-12/h2-3H,4-5H2,1H3. The van der Waals surface area contributed by atoms with E-state index in [0.717, 1.165) is 8.95 Å². The quantitative estimate of drug-likeness (QED) is 0.605. The lowest BCUT2D eigenvalue weighted by atomic mass is 10.3. The lowest BCUT2D eigenvalue weighted by molar-refractivity contribution is -0.0284. The van der Waals surface area contributed by atoms with Crippen molar-refractivity contribution in [3.63, 3.8) is 0 Å². The molecule has 0 saturated heterocycles. The maximum atomic E-state index is 11.6. The number of hydrogen-bond acceptors (Lipinski definition) is 3. The van der Waals surface area contributed by atoms with E-state index in [0.29, 0.717) is 11.5 Å². The summed E-state index contributed by atoms with van der Waals surface area (Å²) in [5.74, 6) is 1.23. The smallest absolute Gasteiger partial charge is 0.192 e. The Labute approximate surface area is 104 Å². The average molecular weight is 344 g/mol. The van der Waals surface area contributed by atoms with Crippen molar-refractivity contribution in [3.8, 4) is 11.5 Å². The summed E-state index contributed by atoms with van der Waals surface area (Å²) < 4.78 is 27.8. The van der Waals surface area contributed by atoms with E-state index in [-0.39, 0.29) is 6.79 Å². The van der Waals surface area contributed by atoms with Crippen molar-refractivity contribution in [2.45, 2.75) is 0 Å². The van der Waals surface area contributed by atoms with Crippen LogP contribution in [0.4, 0.5) is 4.39 Å². The van der Waals surface area contributed by atoms with Gasteiger partial charge in [-0.1, -0.05) is 0 Å². The van der Waals surface area contributed by atoms with E-state index in [1.165, 1.54) is 0 Å². The molecule has 0 saturated carbocycles. The summed E-state index contributed by atoms with van der Waals surface area (Å²) in [6.45, 7) is -0.986. The third-order valence-corrected chi connectivity index (χ3v) is 2.74. The first-order valence-electron chi connectivity index (χ1n) is 3.98. The number of ether oxygens (including phenoxy) is 3. The first kappa shape index (κ1) is 12.7. The molecule has 3 nitrogen and oxygen atoms in total. The van der Waals surface area contributed by atoms with Gasteiger partial charge in [-0.05, 0) is 44.0 Å². The van der Waals surface area contributed by atoms with Gasteiger partial charge in [0.1, 0.15) is 11.5 Å². The number of halogens is 3. The maximum absolute atomic E-state index is 11.6. The predicted molar refractivity (Wildman–Crippen MR) is 60.9 cm³/mol. The molecule has 0 amide bonds. The fourth-order valence-corrected chi connectivity index (χ4v) is 2.42. The molecular formula is C9H9Br2FO3. The molecule has 1 aromatic rings. The van der Waals surface area contributed by atoms with Crippen LogP contribution in [0.5, 0.6) is 11.5 Å². The van der Waals surface area contributed by atoms with Crippen molar-refractivity contribution >= 4 is 31.9 Å². The Morgan fingerprint density at radius 1 is 1.27 bits per heavy atom. The van der Waals surface area contributed by atoms with Gasteiger partial charge in [-0.3, -0.25) is 0 Å². The molecular weight excluding hydrogens is 335 g/mol. The SMILES string of the molecule is COc1c(Br)cc(OCOCF)cc1Br. The van der Waals surface area contributed by atoms with Crippen LogP contribution in [-0.2, 0) is 4.74 Å². The van der Waals surface area contributed by atoms with E-state index in [1.54, 1.807) is 19.2 Å². The van der Waals surface area contributed by atoms with Crippen molar-refractivity contribution < 1.29 is 18.6 Å². The zero-order valence-electron chi connectivity index (χ0n) is 7.93. The molecule has 0 radical (unpaired) electrons. The molecule has 0 atom stereocenters.